The van der Waals surface area contributed by atoms with Gasteiger partial charge in [0.05, 0.1) is 41.7 Å². The van der Waals surface area contributed by atoms with E-state index in [1.54, 1.807) is 60.9 Å². The third-order valence-corrected chi connectivity index (χ3v) is 6.93. The van der Waals surface area contributed by atoms with Gasteiger partial charge in [0.15, 0.2) is 5.69 Å². The van der Waals surface area contributed by atoms with Crippen LogP contribution < -0.4 is 4.74 Å². The Bertz CT molecular complexity index is 2010. The monoisotopic (exact) mass is 576 g/mol. The van der Waals surface area contributed by atoms with Crippen LogP contribution in [0.2, 0.25) is 0 Å². The molecule has 6 aromatic rings. The van der Waals surface area contributed by atoms with Crippen molar-refractivity contribution in [1.82, 2.24) is 14.5 Å². The van der Waals surface area contributed by atoms with Crippen LogP contribution in [-0.2, 0) is 19.6 Å². The molecule has 0 spiro atoms. The number of carboxylic acid groups (broad SMARTS) is 1. The molecule has 3 heterocycles. The molecule has 0 aliphatic rings. The zero-order chi connectivity index (χ0) is 29.9. The maximum atomic E-state index is 15.5. The molecule has 0 saturated carbocycles. The van der Waals surface area contributed by atoms with Crippen LogP contribution in [0.1, 0.15) is 33.1 Å². The van der Waals surface area contributed by atoms with Gasteiger partial charge in [0, 0.05) is 23.6 Å². The maximum Gasteiger partial charge on any atom is 0.335 e. The van der Waals surface area contributed by atoms with Crippen molar-refractivity contribution in [2.24, 2.45) is 0 Å². The molecule has 3 aromatic heterocycles. The summed E-state index contributed by atoms with van der Waals surface area (Å²) in [6.07, 6.45) is 1.70. The minimum atomic E-state index is -1.05. The van der Waals surface area contributed by atoms with E-state index < -0.39 is 17.6 Å². The summed E-state index contributed by atoms with van der Waals surface area (Å²) in [7, 11) is 0. The third kappa shape index (κ3) is 5.83. The summed E-state index contributed by atoms with van der Waals surface area (Å²) in [6, 6.07) is 22.2. The molecule has 0 atom stereocenters. The number of nitrogens with zero attached hydrogens (tertiary/aromatic N) is 4. The fraction of sp³-hybridized carbons (Fsp3) is 0.0909. The molecule has 0 unspecified atom stereocenters. The number of rotatable bonds is 9. The molecule has 0 aliphatic heterocycles. The van der Waals surface area contributed by atoms with Crippen LogP contribution in [0.25, 0.3) is 27.1 Å². The molecule has 0 aliphatic carbocycles. The molecule has 10 heteroatoms. The second-order valence-electron chi connectivity index (χ2n) is 9.72. The molecule has 8 nitrogen and oxygen atoms in total. The van der Waals surface area contributed by atoms with E-state index in [-0.39, 0.29) is 35.7 Å². The topological polar surface area (TPSA) is 94.7 Å². The lowest BCUT2D eigenvalue weighted by Crippen LogP contribution is -2.07. The number of pyridine rings is 1. The van der Waals surface area contributed by atoms with Gasteiger partial charge in [-0.3, -0.25) is 0 Å². The number of ether oxygens (including phenoxy) is 1. The summed E-state index contributed by atoms with van der Waals surface area (Å²) < 4.78 is 42.7. The van der Waals surface area contributed by atoms with Gasteiger partial charge in [0.25, 0.3) is 0 Å². The maximum absolute atomic E-state index is 15.5. The van der Waals surface area contributed by atoms with Crippen molar-refractivity contribution in [1.29, 1.82) is 0 Å². The second-order valence-corrected chi connectivity index (χ2v) is 9.72. The number of imidazole rings is 1. The standard InChI is InChI=1S/C33H22F2N4O4/c1-36-24-11-9-23(27(35)17-24)19-43-32-6-2-5-28(38-32)21-8-7-20(26(34)14-21)16-31-37-29-12-10-22(33(40)41)15-30(29)39(31)18-25-4-3-13-42-25/h2-15,17H,16,18-19H2,(H,40,41). The lowest BCUT2D eigenvalue weighted by Gasteiger charge is -2.11. The Kier molecular flexibility index (Phi) is 7.37. The number of hydrogen-bond acceptors (Lipinski definition) is 5. The molecule has 1 N–H and O–H groups in total. The fourth-order valence-electron chi connectivity index (χ4n) is 4.73. The summed E-state index contributed by atoms with van der Waals surface area (Å²) in [4.78, 5) is 23.9. The van der Waals surface area contributed by atoms with Crippen LogP contribution in [0.3, 0.4) is 0 Å². The molecule has 212 valence electrons. The number of aromatic carboxylic acids is 1. The van der Waals surface area contributed by atoms with Crippen LogP contribution >= 0.6 is 0 Å². The highest BCUT2D eigenvalue weighted by atomic mass is 19.1. The second kappa shape index (κ2) is 11.6. The number of furan rings is 1. The van der Waals surface area contributed by atoms with E-state index in [9.17, 15) is 14.3 Å². The number of benzene rings is 3. The number of carboxylic acids is 1. The van der Waals surface area contributed by atoms with Gasteiger partial charge in [-0.25, -0.2) is 28.4 Å². The number of aromatic nitrogens is 3. The van der Waals surface area contributed by atoms with Gasteiger partial charge in [0.1, 0.15) is 29.8 Å². The average molecular weight is 577 g/mol. The van der Waals surface area contributed by atoms with Gasteiger partial charge < -0.3 is 18.8 Å². The van der Waals surface area contributed by atoms with Crippen molar-refractivity contribution in [2.45, 2.75) is 19.6 Å². The predicted octanol–water partition coefficient (Wildman–Crippen LogP) is 7.44. The number of hydrogen-bond donors (Lipinski definition) is 1. The molecule has 0 saturated heterocycles. The highest BCUT2D eigenvalue weighted by Gasteiger charge is 2.17. The van der Waals surface area contributed by atoms with Crippen LogP contribution in [0.4, 0.5) is 14.5 Å². The Morgan fingerprint density at radius 2 is 1.79 bits per heavy atom. The summed E-state index contributed by atoms with van der Waals surface area (Å²) >= 11 is 0. The largest absolute Gasteiger partial charge is 0.478 e. The van der Waals surface area contributed by atoms with E-state index in [1.807, 2.05) is 4.57 Å². The molecule has 0 radical (unpaired) electrons. The molecular formula is C33H22F2N4O4. The minimum Gasteiger partial charge on any atom is -0.478 e. The first kappa shape index (κ1) is 27.4. The van der Waals surface area contributed by atoms with Crippen molar-refractivity contribution < 1.29 is 27.8 Å². The van der Waals surface area contributed by atoms with E-state index in [2.05, 4.69) is 14.8 Å². The van der Waals surface area contributed by atoms with Crippen LogP contribution in [-0.4, -0.2) is 25.6 Å². The molecule has 43 heavy (non-hydrogen) atoms. The first-order valence-corrected chi connectivity index (χ1v) is 13.2. The van der Waals surface area contributed by atoms with Gasteiger partial charge in [-0.2, -0.15) is 0 Å². The predicted molar refractivity (Wildman–Crippen MR) is 154 cm³/mol. The molecule has 6 rings (SSSR count). The summed E-state index contributed by atoms with van der Waals surface area (Å²) in [6.45, 7) is 7.20. The highest BCUT2D eigenvalue weighted by Crippen LogP contribution is 2.27. The molecule has 0 amide bonds. The Morgan fingerprint density at radius 1 is 0.953 bits per heavy atom. The van der Waals surface area contributed by atoms with Gasteiger partial charge in [-0.15, -0.1) is 0 Å². The van der Waals surface area contributed by atoms with Crippen molar-refractivity contribution in [3.05, 3.63) is 143 Å². The van der Waals surface area contributed by atoms with Crippen molar-refractivity contribution in [2.75, 3.05) is 0 Å². The number of fused-ring (bicyclic) bond motifs is 1. The van der Waals surface area contributed by atoms with Crippen LogP contribution in [0, 0.1) is 18.2 Å². The summed E-state index contributed by atoms with van der Waals surface area (Å²) in [5.41, 5.74) is 3.19. The van der Waals surface area contributed by atoms with Crippen LogP contribution in [0.15, 0.2) is 95.6 Å². The summed E-state index contributed by atoms with van der Waals surface area (Å²) in [5.74, 6) is -0.624. The Balaban J connectivity index is 1.25. The lowest BCUT2D eigenvalue weighted by molar-refractivity contribution is 0.0697. The molecule has 0 fully saturated rings. The highest BCUT2D eigenvalue weighted by molar-refractivity contribution is 5.92. The van der Waals surface area contributed by atoms with E-state index in [0.717, 1.165) is 6.07 Å². The van der Waals surface area contributed by atoms with Crippen molar-refractivity contribution >= 4 is 22.7 Å². The number of carbonyl (C=O) groups is 1. The first-order valence-electron chi connectivity index (χ1n) is 13.2. The third-order valence-electron chi connectivity index (χ3n) is 6.93. The van der Waals surface area contributed by atoms with Gasteiger partial charge in [-0.05, 0) is 54.1 Å². The minimum absolute atomic E-state index is 0.0825. The van der Waals surface area contributed by atoms with Gasteiger partial charge in [-0.1, -0.05) is 30.3 Å². The van der Waals surface area contributed by atoms with Crippen molar-refractivity contribution in [3.8, 4) is 17.1 Å². The Morgan fingerprint density at radius 3 is 2.53 bits per heavy atom. The number of halogens is 2. The zero-order valence-corrected chi connectivity index (χ0v) is 22.5. The Labute approximate surface area is 244 Å². The van der Waals surface area contributed by atoms with Gasteiger partial charge >= 0.3 is 5.97 Å². The summed E-state index contributed by atoms with van der Waals surface area (Å²) in [5, 5.41) is 9.48. The van der Waals surface area contributed by atoms with E-state index in [4.69, 9.17) is 15.7 Å². The molecule has 0 bridgehead atoms. The fourth-order valence-corrected chi connectivity index (χ4v) is 4.73. The van der Waals surface area contributed by atoms with E-state index in [0.29, 0.717) is 46.0 Å². The quantitative estimate of drug-likeness (QED) is 0.180. The first-order chi connectivity index (χ1) is 20.9. The Hall–Kier alpha value is -5.82. The smallest absolute Gasteiger partial charge is 0.335 e. The van der Waals surface area contributed by atoms with E-state index >= 15 is 4.39 Å². The average Bonchev–Trinajstić information content (AvgIpc) is 3.65. The SMILES string of the molecule is [C-]#[N+]c1ccc(COc2cccc(-c3ccc(Cc4nc5ccc(C(=O)O)cc5n4Cc4ccco4)c(F)c3)n2)c(F)c1. The molecule has 3 aromatic carbocycles. The zero-order valence-electron chi connectivity index (χ0n) is 22.5. The lowest BCUT2D eigenvalue weighted by atomic mass is 10.1. The van der Waals surface area contributed by atoms with Crippen molar-refractivity contribution in [3.63, 3.8) is 0 Å². The van der Waals surface area contributed by atoms with Gasteiger partial charge in [0.2, 0.25) is 5.88 Å². The van der Waals surface area contributed by atoms with E-state index in [1.165, 1.54) is 24.3 Å². The normalized spacial score (nSPS) is 11.0. The molecular weight excluding hydrogens is 554 g/mol. The van der Waals surface area contributed by atoms with Crippen LogP contribution in [0.5, 0.6) is 5.88 Å².